The molecule has 8 heteroatoms. The Morgan fingerprint density at radius 2 is 2.12 bits per heavy atom. The van der Waals surface area contributed by atoms with E-state index in [9.17, 15) is 12.6 Å². The van der Waals surface area contributed by atoms with E-state index in [1.54, 1.807) is 6.07 Å². The minimum atomic E-state index is -3.63. The first-order valence-corrected chi connectivity index (χ1v) is 8.68. The third-order valence-corrected chi connectivity index (χ3v) is 4.75. The third-order valence-electron chi connectivity index (χ3n) is 1.94. The van der Waals surface area contributed by atoms with Crippen molar-refractivity contribution in [2.75, 3.05) is 24.3 Å². The summed E-state index contributed by atoms with van der Waals surface area (Å²) in [6, 6.07) is 4.54. The molecule has 1 rings (SSSR count). The molecule has 1 aromatic rings. The van der Waals surface area contributed by atoms with Crippen LogP contribution in [0.15, 0.2) is 27.6 Å². The molecular weight excluding hydrogens is 328 g/mol. The highest BCUT2D eigenvalue weighted by atomic mass is 79.9. The molecule has 0 fully saturated rings. The van der Waals surface area contributed by atoms with E-state index in [0.717, 1.165) is 0 Å². The lowest BCUT2D eigenvalue weighted by Crippen LogP contribution is -2.28. The van der Waals surface area contributed by atoms with E-state index in [1.807, 2.05) is 0 Å². The summed E-state index contributed by atoms with van der Waals surface area (Å²) in [6.07, 6.45) is 1.52. The molecule has 1 aromatic carbocycles. The third kappa shape index (κ3) is 4.38. The summed E-state index contributed by atoms with van der Waals surface area (Å²) in [4.78, 5) is 0.0302. The van der Waals surface area contributed by atoms with Crippen LogP contribution in [0.2, 0.25) is 0 Å². The van der Waals surface area contributed by atoms with E-state index in [4.69, 9.17) is 5.73 Å². The highest BCUT2D eigenvalue weighted by Crippen LogP contribution is 2.22. The van der Waals surface area contributed by atoms with Gasteiger partial charge in [0.1, 0.15) is 4.90 Å². The minimum Gasteiger partial charge on any atom is -0.398 e. The summed E-state index contributed by atoms with van der Waals surface area (Å²) in [7, 11) is -4.67. The second-order valence-corrected chi connectivity index (χ2v) is 7.56. The van der Waals surface area contributed by atoms with Crippen molar-refractivity contribution in [1.29, 1.82) is 0 Å². The topological polar surface area (TPSA) is 89.3 Å². The Kier molecular flexibility index (Phi) is 5.11. The largest absolute Gasteiger partial charge is 0.398 e. The van der Waals surface area contributed by atoms with Gasteiger partial charge in [-0.3, -0.25) is 4.21 Å². The lowest BCUT2D eigenvalue weighted by Gasteiger charge is -2.08. The van der Waals surface area contributed by atoms with Gasteiger partial charge in [0.15, 0.2) is 0 Å². The Balaban J connectivity index is 2.86. The average Bonchev–Trinajstić information content (AvgIpc) is 2.15. The van der Waals surface area contributed by atoms with E-state index in [2.05, 4.69) is 20.7 Å². The van der Waals surface area contributed by atoms with Crippen LogP contribution in [-0.4, -0.2) is 31.2 Å². The fraction of sp³-hybridized carbons (Fsp3) is 0.333. The summed E-state index contributed by atoms with van der Waals surface area (Å²) in [5, 5.41) is 0. The predicted octanol–water partition coefficient (Wildman–Crippen LogP) is 0.688. The van der Waals surface area contributed by atoms with Crippen LogP contribution < -0.4 is 10.5 Å². The van der Waals surface area contributed by atoms with Crippen LogP contribution in [0.4, 0.5) is 5.69 Å². The van der Waals surface area contributed by atoms with E-state index < -0.39 is 20.8 Å². The molecular formula is C9H13BrN2O3S2. The summed E-state index contributed by atoms with van der Waals surface area (Å²) in [5.74, 6) is 0.273. The molecule has 96 valence electrons. The van der Waals surface area contributed by atoms with Gasteiger partial charge < -0.3 is 5.73 Å². The molecule has 1 atom stereocenters. The van der Waals surface area contributed by atoms with Crippen LogP contribution in [0.3, 0.4) is 0 Å². The molecule has 5 nitrogen and oxygen atoms in total. The van der Waals surface area contributed by atoms with Crippen LogP contribution in [0.25, 0.3) is 0 Å². The van der Waals surface area contributed by atoms with Gasteiger partial charge in [0.05, 0.1) is 5.69 Å². The number of nitrogens with one attached hydrogen (secondary N) is 1. The summed E-state index contributed by atoms with van der Waals surface area (Å²) < 4.78 is 37.6. The number of rotatable bonds is 5. The first-order valence-electron chi connectivity index (χ1n) is 4.67. The van der Waals surface area contributed by atoms with Crippen molar-refractivity contribution >= 4 is 42.4 Å². The van der Waals surface area contributed by atoms with Crippen molar-refractivity contribution in [3.63, 3.8) is 0 Å². The molecule has 0 amide bonds. The maximum absolute atomic E-state index is 11.8. The number of nitrogen functional groups attached to an aromatic ring is 1. The fourth-order valence-electron chi connectivity index (χ4n) is 1.16. The standard InChI is InChI=1S/C9H13BrN2O3S2/c1-16(13)5-4-12-17(14,15)9-3-2-7(10)6-8(9)11/h2-3,6,12H,4-5,11H2,1H3. The van der Waals surface area contributed by atoms with Gasteiger partial charge in [-0.1, -0.05) is 15.9 Å². The monoisotopic (exact) mass is 340 g/mol. The van der Waals surface area contributed by atoms with Crippen molar-refractivity contribution in [3.8, 4) is 0 Å². The van der Waals surface area contributed by atoms with Crippen molar-refractivity contribution < 1.29 is 12.6 Å². The number of hydrogen-bond donors (Lipinski definition) is 2. The first-order chi connectivity index (χ1) is 7.83. The normalized spacial score (nSPS) is 13.5. The lowest BCUT2D eigenvalue weighted by atomic mass is 10.3. The van der Waals surface area contributed by atoms with E-state index in [1.165, 1.54) is 18.4 Å². The quantitative estimate of drug-likeness (QED) is 0.771. The number of nitrogens with two attached hydrogens (primary N) is 1. The van der Waals surface area contributed by atoms with Gasteiger partial charge in [0, 0.05) is 33.8 Å². The van der Waals surface area contributed by atoms with Crippen molar-refractivity contribution in [1.82, 2.24) is 4.72 Å². The van der Waals surface area contributed by atoms with Crippen molar-refractivity contribution in [3.05, 3.63) is 22.7 Å². The summed E-state index contributed by atoms with van der Waals surface area (Å²) in [5.41, 5.74) is 5.80. The Hall–Kier alpha value is -0.440. The molecule has 1 unspecified atom stereocenters. The zero-order chi connectivity index (χ0) is 13.1. The zero-order valence-electron chi connectivity index (χ0n) is 9.14. The van der Waals surface area contributed by atoms with Crippen LogP contribution in [-0.2, 0) is 20.8 Å². The molecule has 0 saturated heterocycles. The van der Waals surface area contributed by atoms with E-state index in [-0.39, 0.29) is 22.9 Å². The van der Waals surface area contributed by atoms with Crippen LogP contribution in [0.5, 0.6) is 0 Å². The van der Waals surface area contributed by atoms with Crippen LogP contribution >= 0.6 is 15.9 Å². The van der Waals surface area contributed by atoms with Gasteiger partial charge in [-0.2, -0.15) is 0 Å². The van der Waals surface area contributed by atoms with Gasteiger partial charge in [0.2, 0.25) is 10.0 Å². The van der Waals surface area contributed by atoms with Gasteiger partial charge in [-0.05, 0) is 18.2 Å². The summed E-state index contributed by atoms with van der Waals surface area (Å²) in [6.45, 7) is 0.126. The molecule has 0 radical (unpaired) electrons. The molecule has 0 aromatic heterocycles. The summed E-state index contributed by atoms with van der Waals surface area (Å²) >= 11 is 3.20. The number of halogens is 1. The highest BCUT2D eigenvalue weighted by Gasteiger charge is 2.16. The SMILES string of the molecule is CS(=O)CCNS(=O)(=O)c1ccc(Br)cc1N. The minimum absolute atomic E-state index is 0.0302. The highest BCUT2D eigenvalue weighted by molar-refractivity contribution is 9.10. The second-order valence-electron chi connectivity index (χ2n) is 3.36. The molecule has 17 heavy (non-hydrogen) atoms. The molecule has 3 N–H and O–H groups in total. The number of anilines is 1. The average molecular weight is 341 g/mol. The van der Waals surface area contributed by atoms with Crippen LogP contribution in [0, 0.1) is 0 Å². The second kappa shape index (κ2) is 5.94. The van der Waals surface area contributed by atoms with Gasteiger partial charge in [-0.25, -0.2) is 13.1 Å². The molecule has 0 spiro atoms. The molecule has 0 heterocycles. The maximum Gasteiger partial charge on any atom is 0.242 e. The van der Waals surface area contributed by atoms with Gasteiger partial charge >= 0.3 is 0 Å². The molecule has 0 aliphatic heterocycles. The smallest absolute Gasteiger partial charge is 0.242 e. The Labute approximate surface area is 111 Å². The number of hydrogen-bond acceptors (Lipinski definition) is 4. The predicted molar refractivity (Wildman–Crippen MR) is 72.7 cm³/mol. The molecule has 0 saturated carbocycles. The molecule has 0 bridgehead atoms. The molecule has 0 aliphatic carbocycles. The number of benzene rings is 1. The maximum atomic E-state index is 11.8. The fourth-order valence-corrected chi connectivity index (χ4v) is 3.20. The van der Waals surface area contributed by atoms with Crippen molar-refractivity contribution in [2.24, 2.45) is 0 Å². The Morgan fingerprint density at radius 3 is 2.65 bits per heavy atom. The van der Waals surface area contributed by atoms with E-state index in [0.29, 0.717) is 4.47 Å². The Morgan fingerprint density at radius 1 is 1.47 bits per heavy atom. The number of sulfonamides is 1. The first kappa shape index (κ1) is 14.6. The zero-order valence-corrected chi connectivity index (χ0v) is 12.4. The molecule has 0 aliphatic rings. The van der Waals surface area contributed by atoms with Crippen LogP contribution in [0.1, 0.15) is 0 Å². The van der Waals surface area contributed by atoms with E-state index >= 15 is 0 Å². The van der Waals surface area contributed by atoms with Gasteiger partial charge in [-0.15, -0.1) is 0 Å². The van der Waals surface area contributed by atoms with Crippen molar-refractivity contribution in [2.45, 2.75) is 4.90 Å². The lowest BCUT2D eigenvalue weighted by molar-refractivity contribution is 0.584. The van der Waals surface area contributed by atoms with Gasteiger partial charge in [0.25, 0.3) is 0 Å². The Bertz CT molecular complexity index is 531.